The van der Waals surface area contributed by atoms with Gasteiger partial charge in [-0.3, -0.25) is 4.90 Å². The summed E-state index contributed by atoms with van der Waals surface area (Å²) in [7, 11) is 0. The van der Waals surface area contributed by atoms with Gasteiger partial charge in [-0.05, 0) is 38.1 Å². The zero-order chi connectivity index (χ0) is 13.3. The molecule has 3 heteroatoms. The van der Waals surface area contributed by atoms with E-state index in [9.17, 15) is 0 Å². The summed E-state index contributed by atoms with van der Waals surface area (Å²) >= 11 is 0. The summed E-state index contributed by atoms with van der Waals surface area (Å²) in [6.07, 6.45) is 3.12. The van der Waals surface area contributed by atoms with E-state index in [0.717, 1.165) is 17.9 Å². The standard InChI is InChI=1S/C16H21NO2/c18-13-6-3-8-15-7-1-2-9-16(15)19-14-12-17-10-4-5-11-17/h1-2,7,9,18H,4-6,10-14H2. The molecule has 1 aromatic carbocycles. The lowest BCUT2D eigenvalue weighted by molar-refractivity contribution is 0.237. The summed E-state index contributed by atoms with van der Waals surface area (Å²) in [6.45, 7) is 4.19. The van der Waals surface area contributed by atoms with E-state index in [2.05, 4.69) is 16.7 Å². The molecule has 0 atom stereocenters. The molecule has 0 radical (unpaired) electrons. The highest BCUT2D eigenvalue weighted by Gasteiger charge is 2.11. The fourth-order valence-corrected chi connectivity index (χ4v) is 2.20. The molecule has 0 amide bonds. The number of rotatable bonds is 5. The normalized spacial score (nSPS) is 15.0. The first kappa shape index (κ1) is 13.9. The molecule has 0 spiro atoms. The van der Waals surface area contributed by atoms with E-state index in [1.54, 1.807) is 0 Å². The Morgan fingerprint density at radius 3 is 2.79 bits per heavy atom. The van der Waals surface area contributed by atoms with Crippen molar-refractivity contribution in [1.29, 1.82) is 0 Å². The second-order valence-corrected chi connectivity index (χ2v) is 4.67. The lowest BCUT2D eigenvalue weighted by atomic mass is 10.2. The van der Waals surface area contributed by atoms with Gasteiger partial charge in [-0.15, -0.1) is 0 Å². The number of ether oxygens (including phenoxy) is 1. The Hall–Kier alpha value is -1.50. The van der Waals surface area contributed by atoms with Gasteiger partial charge in [-0.2, -0.15) is 0 Å². The van der Waals surface area contributed by atoms with Crippen molar-refractivity contribution in [1.82, 2.24) is 4.90 Å². The largest absolute Gasteiger partial charge is 0.491 e. The van der Waals surface area contributed by atoms with Gasteiger partial charge in [0.05, 0.1) is 12.2 Å². The van der Waals surface area contributed by atoms with Gasteiger partial charge < -0.3 is 9.84 Å². The van der Waals surface area contributed by atoms with E-state index >= 15 is 0 Å². The zero-order valence-corrected chi connectivity index (χ0v) is 11.3. The smallest absolute Gasteiger partial charge is 0.134 e. The van der Waals surface area contributed by atoms with Crippen molar-refractivity contribution < 1.29 is 9.84 Å². The first-order valence-corrected chi connectivity index (χ1v) is 6.94. The maximum atomic E-state index is 8.74. The first-order chi connectivity index (χ1) is 9.40. The van der Waals surface area contributed by atoms with Crippen LogP contribution in [0.5, 0.6) is 5.75 Å². The third-order valence-corrected chi connectivity index (χ3v) is 3.21. The fourth-order valence-electron chi connectivity index (χ4n) is 2.20. The highest BCUT2D eigenvalue weighted by Crippen LogP contribution is 2.17. The molecule has 0 bridgehead atoms. The van der Waals surface area contributed by atoms with Crippen LogP contribution in [0.15, 0.2) is 24.3 Å². The highest BCUT2D eigenvalue weighted by atomic mass is 16.5. The number of para-hydroxylation sites is 1. The van der Waals surface area contributed by atoms with Crippen molar-refractivity contribution in [3.05, 3.63) is 29.8 Å². The number of likely N-dealkylation sites (tertiary alicyclic amines) is 1. The van der Waals surface area contributed by atoms with Crippen LogP contribution < -0.4 is 4.74 Å². The summed E-state index contributed by atoms with van der Waals surface area (Å²) in [4.78, 5) is 2.43. The molecule has 0 unspecified atom stereocenters. The van der Waals surface area contributed by atoms with E-state index in [4.69, 9.17) is 9.84 Å². The lowest BCUT2D eigenvalue weighted by Gasteiger charge is -2.15. The summed E-state index contributed by atoms with van der Waals surface area (Å²) in [5.41, 5.74) is 0.900. The van der Waals surface area contributed by atoms with E-state index in [1.807, 2.05) is 24.3 Å². The van der Waals surface area contributed by atoms with E-state index in [-0.39, 0.29) is 6.61 Å². The minimum absolute atomic E-state index is 0.102. The molecule has 1 N–H and O–H groups in total. The van der Waals surface area contributed by atoms with Crippen LogP contribution >= 0.6 is 0 Å². The Labute approximate surface area is 115 Å². The Bertz CT molecular complexity index is 442. The number of hydrogen-bond acceptors (Lipinski definition) is 3. The second-order valence-electron chi connectivity index (χ2n) is 4.67. The molecular weight excluding hydrogens is 238 g/mol. The molecule has 1 aliphatic heterocycles. The van der Waals surface area contributed by atoms with Crippen molar-refractivity contribution in [2.24, 2.45) is 0 Å². The van der Waals surface area contributed by atoms with Crippen molar-refractivity contribution in [3.8, 4) is 17.6 Å². The average molecular weight is 259 g/mol. The molecule has 0 aliphatic carbocycles. The van der Waals surface area contributed by atoms with Crippen LogP contribution in [0.25, 0.3) is 0 Å². The summed E-state index contributed by atoms with van der Waals surface area (Å²) < 4.78 is 5.82. The second kappa shape index (κ2) is 7.83. The topological polar surface area (TPSA) is 32.7 Å². The monoisotopic (exact) mass is 259 g/mol. The highest BCUT2D eigenvalue weighted by molar-refractivity contribution is 5.45. The van der Waals surface area contributed by atoms with Gasteiger partial charge in [0.2, 0.25) is 0 Å². The van der Waals surface area contributed by atoms with Gasteiger partial charge in [0, 0.05) is 13.0 Å². The molecule has 3 nitrogen and oxygen atoms in total. The van der Waals surface area contributed by atoms with E-state index in [0.29, 0.717) is 13.0 Å². The minimum Gasteiger partial charge on any atom is -0.491 e. The molecule has 0 aromatic heterocycles. The number of aliphatic hydroxyl groups excluding tert-OH is 1. The van der Waals surface area contributed by atoms with Crippen LogP contribution in [0, 0.1) is 11.8 Å². The molecule has 19 heavy (non-hydrogen) atoms. The Morgan fingerprint density at radius 2 is 2.00 bits per heavy atom. The third kappa shape index (κ3) is 4.59. The molecule has 1 aliphatic rings. The molecule has 1 fully saturated rings. The Kier molecular flexibility index (Phi) is 5.74. The Morgan fingerprint density at radius 1 is 1.21 bits per heavy atom. The van der Waals surface area contributed by atoms with Gasteiger partial charge in [0.1, 0.15) is 12.4 Å². The van der Waals surface area contributed by atoms with Crippen LogP contribution in [0.3, 0.4) is 0 Å². The Balaban J connectivity index is 1.86. The predicted octanol–water partition coefficient (Wildman–Crippen LogP) is 1.90. The molecule has 1 aromatic rings. The number of hydrogen-bond donors (Lipinski definition) is 1. The molecule has 102 valence electrons. The SMILES string of the molecule is OCCC#Cc1ccccc1OCCN1CCCC1. The summed E-state index contributed by atoms with van der Waals surface area (Å²) in [5.74, 6) is 6.82. The van der Waals surface area contributed by atoms with E-state index in [1.165, 1.54) is 25.9 Å². The zero-order valence-electron chi connectivity index (χ0n) is 11.3. The lowest BCUT2D eigenvalue weighted by Crippen LogP contribution is -2.25. The molecular formula is C16H21NO2. The van der Waals surface area contributed by atoms with Gasteiger partial charge >= 0.3 is 0 Å². The van der Waals surface area contributed by atoms with Crippen molar-refractivity contribution >= 4 is 0 Å². The molecule has 0 saturated carbocycles. The van der Waals surface area contributed by atoms with Gasteiger partial charge in [0.25, 0.3) is 0 Å². The molecule has 1 saturated heterocycles. The number of nitrogens with zero attached hydrogens (tertiary/aromatic N) is 1. The number of aliphatic hydroxyl groups is 1. The summed E-state index contributed by atoms with van der Waals surface area (Å²) in [6, 6.07) is 7.82. The van der Waals surface area contributed by atoms with Gasteiger partial charge in [-0.25, -0.2) is 0 Å². The maximum Gasteiger partial charge on any atom is 0.134 e. The van der Waals surface area contributed by atoms with Crippen molar-refractivity contribution in [2.45, 2.75) is 19.3 Å². The van der Waals surface area contributed by atoms with Crippen molar-refractivity contribution in [2.75, 3.05) is 32.8 Å². The van der Waals surface area contributed by atoms with Gasteiger partial charge in [0.15, 0.2) is 0 Å². The number of benzene rings is 1. The van der Waals surface area contributed by atoms with Gasteiger partial charge in [-0.1, -0.05) is 24.0 Å². The summed E-state index contributed by atoms with van der Waals surface area (Å²) in [5, 5.41) is 8.74. The minimum atomic E-state index is 0.102. The third-order valence-electron chi connectivity index (χ3n) is 3.21. The van der Waals surface area contributed by atoms with Crippen LogP contribution in [0.1, 0.15) is 24.8 Å². The van der Waals surface area contributed by atoms with Crippen LogP contribution in [0.4, 0.5) is 0 Å². The average Bonchev–Trinajstić information content (AvgIpc) is 2.94. The van der Waals surface area contributed by atoms with Crippen LogP contribution in [-0.4, -0.2) is 42.9 Å². The van der Waals surface area contributed by atoms with Crippen LogP contribution in [-0.2, 0) is 0 Å². The quantitative estimate of drug-likeness (QED) is 0.820. The fraction of sp³-hybridized carbons (Fsp3) is 0.500. The van der Waals surface area contributed by atoms with Crippen molar-refractivity contribution in [3.63, 3.8) is 0 Å². The van der Waals surface area contributed by atoms with Crippen LogP contribution in [0.2, 0.25) is 0 Å². The van der Waals surface area contributed by atoms with E-state index < -0.39 is 0 Å². The predicted molar refractivity (Wildman–Crippen MR) is 76.2 cm³/mol. The molecule has 2 rings (SSSR count). The maximum absolute atomic E-state index is 8.74. The first-order valence-electron chi connectivity index (χ1n) is 6.94. The molecule has 1 heterocycles.